The van der Waals surface area contributed by atoms with Crippen LogP contribution in [0.2, 0.25) is 0 Å². The second-order valence-electron chi connectivity index (χ2n) is 6.38. The van der Waals surface area contributed by atoms with E-state index >= 15 is 0 Å². The average Bonchev–Trinajstić information content (AvgIpc) is 2.61. The standard InChI is InChI=1S/C21H21N3O3/c1-12-5-7-18-16(9-12)17(10-13(2)22-18)21(26)24-15-6-8-20(27-4)19(11-15)23-14(3)25/h5-11H,1-4H3,(H,23,25)(H,24,26). The molecule has 0 aliphatic rings. The molecule has 1 heterocycles. The van der Waals surface area contributed by atoms with Crippen molar-refractivity contribution < 1.29 is 14.3 Å². The van der Waals surface area contributed by atoms with Gasteiger partial charge in [0, 0.05) is 23.7 Å². The van der Waals surface area contributed by atoms with Gasteiger partial charge in [-0.1, -0.05) is 11.6 Å². The van der Waals surface area contributed by atoms with E-state index in [1.165, 1.54) is 14.0 Å². The molecule has 0 radical (unpaired) electrons. The van der Waals surface area contributed by atoms with Crippen molar-refractivity contribution in [3.8, 4) is 5.75 Å². The number of amides is 2. The number of hydrogen-bond acceptors (Lipinski definition) is 4. The minimum atomic E-state index is -0.241. The molecule has 0 fully saturated rings. The molecule has 1 aromatic heterocycles. The molecule has 0 saturated heterocycles. The van der Waals surface area contributed by atoms with Gasteiger partial charge in [0.25, 0.3) is 5.91 Å². The molecule has 0 spiro atoms. The maximum Gasteiger partial charge on any atom is 0.256 e. The number of aryl methyl sites for hydroxylation is 2. The number of carbonyl (C=O) groups is 2. The zero-order chi connectivity index (χ0) is 19.6. The summed E-state index contributed by atoms with van der Waals surface area (Å²) in [5.74, 6) is 0.0575. The number of benzene rings is 2. The minimum Gasteiger partial charge on any atom is -0.495 e. The van der Waals surface area contributed by atoms with E-state index in [4.69, 9.17) is 4.74 Å². The van der Waals surface area contributed by atoms with Crippen molar-refractivity contribution in [3.05, 3.63) is 59.3 Å². The van der Waals surface area contributed by atoms with Crippen LogP contribution in [0.15, 0.2) is 42.5 Å². The number of carbonyl (C=O) groups excluding carboxylic acids is 2. The molecule has 2 amide bonds. The summed E-state index contributed by atoms with van der Waals surface area (Å²) in [4.78, 5) is 28.8. The molecule has 0 bridgehead atoms. The molecule has 2 N–H and O–H groups in total. The topological polar surface area (TPSA) is 80.3 Å². The van der Waals surface area contributed by atoms with Gasteiger partial charge in [-0.3, -0.25) is 14.6 Å². The molecule has 3 rings (SSSR count). The van der Waals surface area contributed by atoms with Gasteiger partial charge in [0.2, 0.25) is 5.91 Å². The zero-order valence-corrected chi connectivity index (χ0v) is 15.7. The van der Waals surface area contributed by atoms with Gasteiger partial charge in [0.15, 0.2) is 0 Å². The predicted octanol–water partition coefficient (Wildman–Crippen LogP) is 4.07. The van der Waals surface area contributed by atoms with Gasteiger partial charge in [-0.15, -0.1) is 0 Å². The van der Waals surface area contributed by atoms with Gasteiger partial charge in [-0.25, -0.2) is 0 Å². The first-order valence-electron chi connectivity index (χ1n) is 8.52. The molecule has 3 aromatic rings. The van der Waals surface area contributed by atoms with Gasteiger partial charge in [-0.2, -0.15) is 0 Å². The Balaban J connectivity index is 1.97. The van der Waals surface area contributed by atoms with Crippen LogP contribution in [0.4, 0.5) is 11.4 Å². The average molecular weight is 363 g/mol. The molecular weight excluding hydrogens is 342 g/mol. The molecule has 6 heteroatoms. The third-order valence-electron chi connectivity index (χ3n) is 4.10. The molecule has 0 aliphatic carbocycles. The van der Waals surface area contributed by atoms with E-state index in [-0.39, 0.29) is 11.8 Å². The van der Waals surface area contributed by atoms with Crippen molar-refractivity contribution in [2.75, 3.05) is 17.7 Å². The number of fused-ring (bicyclic) bond motifs is 1. The summed E-state index contributed by atoms with van der Waals surface area (Å²) in [7, 11) is 1.52. The Morgan fingerprint density at radius 1 is 1.00 bits per heavy atom. The van der Waals surface area contributed by atoms with Crippen LogP contribution in [-0.2, 0) is 4.79 Å². The first-order chi connectivity index (χ1) is 12.9. The van der Waals surface area contributed by atoms with Gasteiger partial charge < -0.3 is 15.4 Å². The Hall–Kier alpha value is -3.41. The highest BCUT2D eigenvalue weighted by molar-refractivity contribution is 6.12. The van der Waals surface area contributed by atoms with E-state index < -0.39 is 0 Å². The van der Waals surface area contributed by atoms with Gasteiger partial charge in [0.05, 0.1) is 23.9 Å². The maximum atomic E-state index is 12.9. The highest BCUT2D eigenvalue weighted by Crippen LogP contribution is 2.28. The maximum absolute atomic E-state index is 12.9. The number of aromatic nitrogens is 1. The third-order valence-corrected chi connectivity index (χ3v) is 4.10. The van der Waals surface area contributed by atoms with Gasteiger partial charge in [-0.05, 0) is 50.2 Å². The smallest absolute Gasteiger partial charge is 0.256 e. The van der Waals surface area contributed by atoms with Crippen molar-refractivity contribution in [3.63, 3.8) is 0 Å². The fourth-order valence-electron chi connectivity index (χ4n) is 2.93. The molecular formula is C21H21N3O3. The summed E-state index contributed by atoms with van der Waals surface area (Å²) < 4.78 is 5.24. The molecule has 0 aliphatic heterocycles. The predicted molar refractivity (Wildman–Crippen MR) is 106 cm³/mol. The van der Waals surface area contributed by atoms with Crippen LogP contribution in [0.1, 0.15) is 28.5 Å². The summed E-state index contributed by atoms with van der Waals surface area (Å²) in [5.41, 5.74) is 4.21. The van der Waals surface area contributed by atoms with Crippen LogP contribution in [0.25, 0.3) is 10.9 Å². The number of nitrogens with one attached hydrogen (secondary N) is 2. The highest BCUT2D eigenvalue weighted by atomic mass is 16.5. The van der Waals surface area contributed by atoms with E-state index in [1.54, 1.807) is 24.3 Å². The van der Waals surface area contributed by atoms with E-state index in [1.807, 2.05) is 32.0 Å². The van der Waals surface area contributed by atoms with E-state index in [2.05, 4.69) is 15.6 Å². The lowest BCUT2D eigenvalue weighted by Crippen LogP contribution is -2.14. The number of hydrogen-bond donors (Lipinski definition) is 2. The molecule has 6 nitrogen and oxygen atoms in total. The zero-order valence-electron chi connectivity index (χ0n) is 15.7. The summed E-state index contributed by atoms with van der Waals surface area (Å²) in [6.45, 7) is 5.25. The molecule has 138 valence electrons. The SMILES string of the molecule is COc1ccc(NC(=O)c2cc(C)nc3ccc(C)cc23)cc1NC(C)=O. The molecule has 0 saturated carbocycles. The van der Waals surface area contributed by atoms with Crippen molar-refractivity contribution in [1.29, 1.82) is 0 Å². The monoisotopic (exact) mass is 363 g/mol. The van der Waals surface area contributed by atoms with Crippen LogP contribution >= 0.6 is 0 Å². The quantitative estimate of drug-likeness (QED) is 0.732. The van der Waals surface area contributed by atoms with Crippen molar-refractivity contribution in [2.24, 2.45) is 0 Å². The molecule has 2 aromatic carbocycles. The third kappa shape index (κ3) is 4.06. The highest BCUT2D eigenvalue weighted by Gasteiger charge is 2.14. The number of rotatable bonds is 4. The number of methoxy groups -OCH3 is 1. The Morgan fingerprint density at radius 3 is 2.48 bits per heavy atom. The van der Waals surface area contributed by atoms with E-state index in [0.29, 0.717) is 22.7 Å². The number of pyridine rings is 1. The van der Waals surface area contributed by atoms with Crippen LogP contribution < -0.4 is 15.4 Å². The lowest BCUT2D eigenvalue weighted by Gasteiger charge is -2.13. The summed E-state index contributed by atoms with van der Waals surface area (Å²) >= 11 is 0. The number of ether oxygens (including phenoxy) is 1. The first-order valence-corrected chi connectivity index (χ1v) is 8.52. The van der Waals surface area contributed by atoms with Crippen LogP contribution in [0.3, 0.4) is 0 Å². The Labute approximate surface area is 157 Å². The fraction of sp³-hybridized carbons (Fsp3) is 0.190. The second kappa shape index (κ2) is 7.45. The van der Waals surface area contributed by atoms with Gasteiger partial charge >= 0.3 is 0 Å². The normalized spacial score (nSPS) is 10.5. The Kier molecular flexibility index (Phi) is 5.07. The molecule has 0 unspecified atom stereocenters. The lowest BCUT2D eigenvalue weighted by molar-refractivity contribution is -0.114. The summed E-state index contributed by atoms with van der Waals surface area (Å²) in [6.07, 6.45) is 0. The summed E-state index contributed by atoms with van der Waals surface area (Å²) in [5, 5.41) is 6.39. The van der Waals surface area contributed by atoms with Crippen LogP contribution in [0.5, 0.6) is 5.75 Å². The number of anilines is 2. The van der Waals surface area contributed by atoms with Crippen molar-refractivity contribution >= 4 is 34.1 Å². The van der Waals surface area contributed by atoms with Crippen LogP contribution in [0, 0.1) is 13.8 Å². The Morgan fingerprint density at radius 2 is 1.78 bits per heavy atom. The van der Waals surface area contributed by atoms with Crippen molar-refractivity contribution in [1.82, 2.24) is 4.98 Å². The Bertz CT molecular complexity index is 1040. The van der Waals surface area contributed by atoms with Gasteiger partial charge in [0.1, 0.15) is 5.75 Å². The molecule has 0 atom stereocenters. The minimum absolute atomic E-state index is 0.219. The fourth-order valence-corrected chi connectivity index (χ4v) is 2.93. The summed E-state index contributed by atoms with van der Waals surface area (Å²) in [6, 6.07) is 12.7. The number of nitrogens with zero attached hydrogens (tertiary/aromatic N) is 1. The lowest BCUT2D eigenvalue weighted by atomic mass is 10.0. The van der Waals surface area contributed by atoms with Crippen molar-refractivity contribution in [2.45, 2.75) is 20.8 Å². The largest absolute Gasteiger partial charge is 0.495 e. The van der Waals surface area contributed by atoms with E-state index in [0.717, 1.165) is 22.2 Å². The molecule has 27 heavy (non-hydrogen) atoms. The first kappa shape index (κ1) is 18.4. The van der Waals surface area contributed by atoms with E-state index in [9.17, 15) is 9.59 Å². The second-order valence-corrected chi connectivity index (χ2v) is 6.38. The van der Waals surface area contributed by atoms with Crippen LogP contribution in [-0.4, -0.2) is 23.9 Å².